The van der Waals surface area contributed by atoms with Crippen LogP contribution in [0, 0.1) is 5.92 Å². The van der Waals surface area contributed by atoms with E-state index in [2.05, 4.69) is 26.0 Å². The zero-order valence-electron chi connectivity index (χ0n) is 26.0. The minimum atomic E-state index is -3.69. The van der Waals surface area contributed by atoms with E-state index in [9.17, 15) is 23.1 Å². The molecule has 0 aliphatic carbocycles. The van der Waals surface area contributed by atoms with E-state index in [1.165, 1.54) is 25.1 Å². The van der Waals surface area contributed by atoms with Crippen LogP contribution in [0.1, 0.15) is 64.6 Å². The Hall–Kier alpha value is -3.77. The van der Waals surface area contributed by atoms with Crippen molar-refractivity contribution in [2.45, 2.75) is 51.3 Å². The first-order chi connectivity index (χ1) is 21.6. The number of aliphatic hydroxyl groups excluding tert-OH is 1. The summed E-state index contributed by atoms with van der Waals surface area (Å²) < 4.78 is 27.3. The lowest BCUT2D eigenvalue weighted by molar-refractivity contribution is 0.0828. The van der Waals surface area contributed by atoms with E-state index in [0.29, 0.717) is 12.3 Å². The molecule has 1 aliphatic heterocycles. The van der Waals surface area contributed by atoms with Gasteiger partial charge < -0.3 is 26.4 Å². The molecule has 242 valence electrons. The SMILES string of the molecule is CCS(=O)(=O)Nc1cc(C(=O)NC(C)c2ccccc2)cc(C(=O)NC(Cc2ccccc2)C(O)CNCC2CCCNC2)c1. The van der Waals surface area contributed by atoms with E-state index < -0.39 is 34.0 Å². The van der Waals surface area contributed by atoms with Crippen LogP contribution in [0.4, 0.5) is 5.69 Å². The topological polar surface area (TPSA) is 149 Å². The predicted molar refractivity (Wildman–Crippen MR) is 178 cm³/mol. The van der Waals surface area contributed by atoms with Gasteiger partial charge in [-0.25, -0.2) is 8.42 Å². The highest BCUT2D eigenvalue weighted by Crippen LogP contribution is 2.20. The smallest absolute Gasteiger partial charge is 0.251 e. The van der Waals surface area contributed by atoms with Gasteiger partial charge in [0.15, 0.2) is 0 Å². The highest BCUT2D eigenvalue weighted by atomic mass is 32.2. The number of aliphatic hydroxyl groups is 1. The fraction of sp³-hybridized carbons (Fsp3) is 0.412. The van der Waals surface area contributed by atoms with Crippen LogP contribution in [0.5, 0.6) is 0 Å². The molecule has 3 aromatic carbocycles. The number of nitrogens with one attached hydrogen (secondary N) is 5. The molecule has 1 aliphatic rings. The lowest BCUT2D eigenvalue weighted by Gasteiger charge is -2.27. The first-order valence-electron chi connectivity index (χ1n) is 15.6. The van der Waals surface area contributed by atoms with Crippen molar-refractivity contribution in [2.24, 2.45) is 5.92 Å². The molecular weight excluding hydrogens is 590 g/mol. The molecule has 0 spiro atoms. The van der Waals surface area contributed by atoms with Gasteiger partial charge in [-0.05, 0) is 88.0 Å². The Morgan fingerprint density at radius 3 is 2.22 bits per heavy atom. The molecule has 1 saturated heterocycles. The maximum Gasteiger partial charge on any atom is 0.251 e. The molecule has 6 N–H and O–H groups in total. The van der Waals surface area contributed by atoms with Crippen LogP contribution < -0.4 is 26.0 Å². The Morgan fingerprint density at radius 1 is 0.956 bits per heavy atom. The van der Waals surface area contributed by atoms with Crippen LogP contribution in [0.3, 0.4) is 0 Å². The fourth-order valence-corrected chi connectivity index (χ4v) is 6.01. The second-order valence-corrected chi connectivity index (χ2v) is 13.6. The third kappa shape index (κ3) is 10.7. The Labute approximate surface area is 266 Å². The van der Waals surface area contributed by atoms with Crippen molar-refractivity contribution >= 4 is 27.5 Å². The molecule has 4 atom stereocenters. The van der Waals surface area contributed by atoms with Crippen LogP contribution in [-0.4, -0.2) is 69.4 Å². The third-order valence-corrected chi connectivity index (χ3v) is 9.33. The molecule has 4 rings (SSSR count). The molecule has 1 heterocycles. The summed E-state index contributed by atoms with van der Waals surface area (Å²) in [6.07, 6.45) is 1.73. The predicted octanol–water partition coefficient (Wildman–Crippen LogP) is 3.23. The number of carbonyl (C=O) groups excluding carboxylic acids is 2. The number of hydrogen-bond acceptors (Lipinski definition) is 7. The summed E-state index contributed by atoms with van der Waals surface area (Å²) in [6, 6.07) is 22.3. The Bertz CT molecular complexity index is 1500. The number of anilines is 1. The van der Waals surface area contributed by atoms with Crippen molar-refractivity contribution in [1.82, 2.24) is 21.3 Å². The van der Waals surface area contributed by atoms with Crippen LogP contribution in [0.25, 0.3) is 0 Å². The van der Waals surface area contributed by atoms with E-state index >= 15 is 0 Å². The number of benzene rings is 3. The molecule has 0 bridgehead atoms. The van der Waals surface area contributed by atoms with Gasteiger partial charge in [0.2, 0.25) is 10.0 Å². The minimum Gasteiger partial charge on any atom is -0.390 e. The third-order valence-electron chi connectivity index (χ3n) is 8.02. The standard InChI is InChI=1S/C34H45N5O5S/c1-3-45(43,44)39-30-19-28(33(41)37-24(2)27-14-8-5-9-15-27)18-29(20-30)34(42)38-31(17-25-11-6-4-7-12-25)32(40)23-36-22-26-13-10-16-35-21-26/h4-9,11-12,14-15,18-20,24,26,31-32,35-36,39-40H,3,10,13,16-17,21-23H2,1-2H3,(H,37,41)(H,38,42). The molecule has 3 aromatic rings. The number of sulfonamides is 1. The van der Waals surface area contributed by atoms with Gasteiger partial charge in [0, 0.05) is 17.7 Å². The van der Waals surface area contributed by atoms with E-state index in [1.807, 2.05) is 67.6 Å². The summed E-state index contributed by atoms with van der Waals surface area (Å²) >= 11 is 0. The van der Waals surface area contributed by atoms with Crippen molar-refractivity contribution in [3.63, 3.8) is 0 Å². The molecule has 0 radical (unpaired) electrons. The monoisotopic (exact) mass is 635 g/mol. The largest absolute Gasteiger partial charge is 0.390 e. The summed E-state index contributed by atoms with van der Waals surface area (Å²) in [5.41, 5.74) is 2.16. The van der Waals surface area contributed by atoms with Gasteiger partial charge in [0.25, 0.3) is 11.8 Å². The average Bonchev–Trinajstić information content (AvgIpc) is 3.05. The number of carbonyl (C=O) groups is 2. The quantitative estimate of drug-likeness (QED) is 0.150. The molecule has 45 heavy (non-hydrogen) atoms. The van der Waals surface area contributed by atoms with Crippen molar-refractivity contribution in [3.8, 4) is 0 Å². The highest BCUT2D eigenvalue weighted by molar-refractivity contribution is 7.92. The average molecular weight is 636 g/mol. The van der Waals surface area contributed by atoms with Crippen LogP contribution >= 0.6 is 0 Å². The molecule has 4 unspecified atom stereocenters. The van der Waals surface area contributed by atoms with Gasteiger partial charge in [0.1, 0.15) is 0 Å². The Morgan fingerprint density at radius 2 is 1.60 bits per heavy atom. The van der Waals surface area contributed by atoms with Gasteiger partial charge in [-0.2, -0.15) is 0 Å². The van der Waals surface area contributed by atoms with Gasteiger partial charge in [-0.15, -0.1) is 0 Å². The van der Waals surface area contributed by atoms with Gasteiger partial charge in [-0.1, -0.05) is 60.7 Å². The summed E-state index contributed by atoms with van der Waals surface area (Å²) in [5, 5.41) is 23.9. The first-order valence-corrected chi connectivity index (χ1v) is 17.2. The number of piperidine rings is 1. The van der Waals surface area contributed by atoms with Crippen molar-refractivity contribution in [3.05, 3.63) is 101 Å². The minimum absolute atomic E-state index is 0.0929. The summed E-state index contributed by atoms with van der Waals surface area (Å²) in [7, 11) is -3.69. The lowest BCUT2D eigenvalue weighted by atomic mass is 9.98. The van der Waals surface area contributed by atoms with Crippen molar-refractivity contribution in [2.75, 3.05) is 36.7 Å². The fourth-order valence-electron chi connectivity index (χ4n) is 5.38. The summed E-state index contributed by atoms with van der Waals surface area (Å²) in [6.45, 7) is 6.36. The molecule has 11 heteroatoms. The van der Waals surface area contributed by atoms with Crippen LogP contribution in [0.2, 0.25) is 0 Å². The zero-order chi connectivity index (χ0) is 32.2. The van der Waals surface area contributed by atoms with E-state index in [1.54, 1.807) is 0 Å². The number of rotatable bonds is 15. The van der Waals surface area contributed by atoms with Crippen LogP contribution in [-0.2, 0) is 16.4 Å². The molecule has 0 saturated carbocycles. The number of hydrogen-bond donors (Lipinski definition) is 6. The molecule has 2 amide bonds. The van der Waals surface area contributed by atoms with E-state index in [4.69, 9.17) is 0 Å². The van der Waals surface area contributed by atoms with Crippen molar-refractivity contribution in [1.29, 1.82) is 0 Å². The second-order valence-electron chi connectivity index (χ2n) is 11.6. The van der Waals surface area contributed by atoms with Crippen molar-refractivity contribution < 1.29 is 23.1 Å². The van der Waals surface area contributed by atoms with E-state index in [-0.39, 0.29) is 35.2 Å². The number of amides is 2. The zero-order valence-corrected chi connectivity index (χ0v) is 26.8. The Kier molecular flexibility index (Phi) is 12.5. The molecule has 1 fully saturated rings. The van der Waals surface area contributed by atoms with Crippen LogP contribution in [0.15, 0.2) is 78.9 Å². The maximum atomic E-state index is 13.7. The highest BCUT2D eigenvalue weighted by Gasteiger charge is 2.25. The second kappa shape index (κ2) is 16.5. The summed E-state index contributed by atoms with van der Waals surface area (Å²) in [4.78, 5) is 27.1. The molecule has 0 aromatic heterocycles. The van der Waals surface area contributed by atoms with E-state index in [0.717, 1.165) is 43.6 Å². The van der Waals surface area contributed by atoms with Gasteiger partial charge in [-0.3, -0.25) is 14.3 Å². The lowest BCUT2D eigenvalue weighted by Crippen LogP contribution is -2.49. The Balaban J connectivity index is 1.54. The van der Waals surface area contributed by atoms with Gasteiger partial charge in [0.05, 0.1) is 29.6 Å². The van der Waals surface area contributed by atoms with Gasteiger partial charge >= 0.3 is 0 Å². The maximum absolute atomic E-state index is 13.7. The molecule has 10 nitrogen and oxygen atoms in total. The first kappa shape index (κ1) is 34.1. The summed E-state index contributed by atoms with van der Waals surface area (Å²) in [5.74, 6) is -0.683. The molecular formula is C34H45N5O5S. The normalized spacial score (nSPS) is 17.1.